The third kappa shape index (κ3) is 2.89. The number of carbonyl (C=O) groups excluding carboxylic acids is 1. The van der Waals surface area contributed by atoms with Crippen LogP contribution in [0.25, 0.3) is 0 Å². The maximum atomic E-state index is 12.7. The molecule has 2 saturated carbocycles. The fourth-order valence-electron chi connectivity index (χ4n) is 8.30. The van der Waals surface area contributed by atoms with Crippen molar-refractivity contribution < 1.29 is 19.8 Å². The molecule has 7 atom stereocenters. The number of fused-ring (bicyclic) bond motifs is 5. The standard InChI is InChI=1S/C27H40O4/c1-16(7-10-23(30)31)19-15-22(29)27(6)18-8-9-20-24(2,3)21(28)12-13-25(20,4)17(18)11-14-26(19,27)5/h8,11,16,19-20,22,29H,7,9-10,12-15H2,1-6H3,(H,30,31). The van der Waals surface area contributed by atoms with E-state index >= 15 is 0 Å². The smallest absolute Gasteiger partial charge is 0.303 e. The highest BCUT2D eigenvalue weighted by molar-refractivity contribution is 5.86. The van der Waals surface area contributed by atoms with Crippen LogP contribution in [0, 0.1) is 39.4 Å². The van der Waals surface area contributed by atoms with Gasteiger partial charge in [-0.25, -0.2) is 0 Å². The molecule has 2 N–H and O–H groups in total. The van der Waals surface area contributed by atoms with Crippen LogP contribution in [-0.4, -0.2) is 28.1 Å². The molecule has 0 aromatic rings. The van der Waals surface area contributed by atoms with Gasteiger partial charge in [0.15, 0.2) is 0 Å². The zero-order valence-corrected chi connectivity index (χ0v) is 20.1. The fourth-order valence-corrected chi connectivity index (χ4v) is 8.30. The minimum absolute atomic E-state index is 0.0292. The van der Waals surface area contributed by atoms with E-state index in [9.17, 15) is 14.7 Å². The van der Waals surface area contributed by atoms with Crippen molar-refractivity contribution in [1.82, 2.24) is 0 Å². The van der Waals surface area contributed by atoms with E-state index in [0.29, 0.717) is 30.5 Å². The Morgan fingerprint density at radius 2 is 1.84 bits per heavy atom. The summed E-state index contributed by atoms with van der Waals surface area (Å²) in [5.41, 5.74) is 1.91. The van der Waals surface area contributed by atoms with E-state index in [0.717, 1.165) is 25.7 Å². The number of hydrogen-bond donors (Lipinski definition) is 2. The molecule has 4 rings (SSSR count). The zero-order valence-electron chi connectivity index (χ0n) is 20.1. The number of allylic oxidation sites excluding steroid dienone is 3. The largest absolute Gasteiger partial charge is 0.481 e. The van der Waals surface area contributed by atoms with Crippen LogP contribution in [0.5, 0.6) is 0 Å². The van der Waals surface area contributed by atoms with Gasteiger partial charge in [0.25, 0.3) is 0 Å². The molecule has 0 amide bonds. The second-order valence-corrected chi connectivity index (χ2v) is 12.2. The van der Waals surface area contributed by atoms with Crippen molar-refractivity contribution in [3.63, 3.8) is 0 Å². The van der Waals surface area contributed by atoms with E-state index in [1.165, 1.54) is 11.1 Å². The molecule has 0 bridgehead atoms. The molecule has 0 spiro atoms. The molecule has 0 aromatic carbocycles. The molecule has 4 aliphatic carbocycles. The maximum Gasteiger partial charge on any atom is 0.303 e. The van der Waals surface area contributed by atoms with Gasteiger partial charge in [0, 0.05) is 23.7 Å². The third-order valence-electron chi connectivity index (χ3n) is 10.6. The van der Waals surface area contributed by atoms with Crippen molar-refractivity contribution in [3.8, 4) is 0 Å². The molecule has 0 aromatic heterocycles. The van der Waals surface area contributed by atoms with Crippen LogP contribution in [0.15, 0.2) is 23.3 Å². The summed E-state index contributed by atoms with van der Waals surface area (Å²) in [6.45, 7) is 13.3. The summed E-state index contributed by atoms with van der Waals surface area (Å²) < 4.78 is 0. The molecule has 0 radical (unpaired) electrons. The van der Waals surface area contributed by atoms with Gasteiger partial charge in [0.2, 0.25) is 0 Å². The number of ketones is 1. The van der Waals surface area contributed by atoms with E-state index in [1.807, 2.05) is 0 Å². The van der Waals surface area contributed by atoms with Crippen LogP contribution in [0.2, 0.25) is 0 Å². The molecule has 2 fully saturated rings. The first kappa shape index (κ1) is 22.8. The van der Waals surface area contributed by atoms with Gasteiger partial charge in [-0.05, 0) is 71.8 Å². The topological polar surface area (TPSA) is 74.6 Å². The van der Waals surface area contributed by atoms with Crippen molar-refractivity contribution in [3.05, 3.63) is 23.3 Å². The number of carboxylic acid groups (broad SMARTS) is 1. The number of aliphatic carboxylic acids is 1. The van der Waals surface area contributed by atoms with Gasteiger partial charge in [0.1, 0.15) is 5.78 Å². The predicted octanol–water partition coefficient (Wildman–Crippen LogP) is 5.55. The molecule has 31 heavy (non-hydrogen) atoms. The zero-order chi connectivity index (χ0) is 23.0. The first-order valence-corrected chi connectivity index (χ1v) is 12.1. The van der Waals surface area contributed by atoms with Gasteiger partial charge in [-0.1, -0.05) is 53.7 Å². The third-order valence-corrected chi connectivity index (χ3v) is 10.6. The summed E-state index contributed by atoms with van der Waals surface area (Å²) in [7, 11) is 0. The predicted molar refractivity (Wildman–Crippen MR) is 121 cm³/mol. The highest BCUT2D eigenvalue weighted by Gasteiger charge is 2.66. The highest BCUT2D eigenvalue weighted by Crippen LogP contribution is 2.71. The first-order valence-electron chi connectivity index (χ1n) is 12.1. The molecule has 0 saturated heterocycles. The second-order valence-electron chi connectivity index (χ2n) is 12.2. The van der Waals surface area contributed by atoms with Crippen LogP contribution in [0.1, 0.15) is 86.5 Å². The lowest BCUT2D eigenvalue weighted by atomic mass is 9.44. The summed E-state index contributed by atoms with van der Waals surface area (Å²) in [6.07, 6.45) is 9.26. The Labute approximate surface area is 187 Å². The Morgan fingerprint density at radius 3 is 2.48 bits per heavy atom. The van der Waals surface area contributed by atoms with Crippen molar-refractivity contribution in [2.45, 2.75) is 92.6 Å². The Bertz CT molecular complexity index is 866. The summed E-state index contributed by atoms with van der Waals surface area (Å²) in [5.74, 6) is 0.486. The van der Waals surface area contributed by atoms with Gasteiger partial charge >= 0.3 is 5.97 Å². The number of carboxylic acids is 1. The molecular weight excluding hydrogens is 388 g/mol. The van der Waals surface area contributed by atoms with Crippen LogP contribution < -0.4 is 0 Å². The molecule has 0 heterocycles. The summed E-state index contributed by atoms with van der Waals surface area (Å²) in [6, 6.07) is 0. The van der Waals surface area contributed by atoms with E-state index in [-0.39, 0.29) is 34.0 Å². The Balaban J connectivity index is 1.75. The lowest BCUT2D eigenvalue weighted by Gasteiger charge is -2.60. The molecule has 172 valence electrons. The number of aliphatic hydroxyl groups is 1. The van der Waals surface area contributed by atoms with E-state index in [2.05, 4.69) is 53.7 Å². The van der Waals surface area contributed by atoms with E-state index in [4.69, 9.17) is 5.11 Å². The van der Waals surface area contributed by atoms with Crippen molar-refractivity contribution >= 4 is 11.8 Å². The summed E-state index contributed by atoms with van der Waals surface area (Å²) >= 11 is 0. The summed E-state index contributed by atoms with van der Waals surface area (Å²) in [5, 5.41) is 20.6. The van der Waals surface area contributed by atoms with Crippen molar-refractivity contribution in [2.24, 2.45) is 39.4 Å². The van der Waals surface area contributed by atoms with E-state index < -0.39 is 12.1 Å². The van der Waals surface area contributed by atoms with Gasteiger partial charge in [-0.15, -0.1) is 0 Å². The number of hydrogen-bond acceptors (Lipinski definition) is 3. The van der Waals surface area contributed by atoms with Gasteiger partial charge in [-0.2, -0.15) is 0 Å². The van der Waals surface area contributed by atoms with Gasteiger partial charge in [0.05, 0.1) is 6.10 Å². The first-order chi connectivity index (χ1) is 14.3. The fraction of sp³-hybridized carbons (Fsp3) is 0.778. The normalized spacial score (nSPS) is 44.5. The molecule has 4 aliphatic rings. The lowest BCUT2D eigenvalue weighted by molar-refractivity contribution is -0.138. The molecule has 4 nitrogen and oxygen atoms in total. The number of aliphatic hydroxyl groups excluding tert-OH is 1. The lowest BCUT2D eigenvalue weighted by Crippen LogP contribution is -2.54. The molecule has 7 unspecified atom stereocenters. The van der Waals surface area contributed by atoms with Gasteiger partial charge in [-0.3, -0.25) is 9.59 Å². The van der Waals surface area contributed by atoms with Gasteiger partial charge < -0.3 is 10.2 Å². The minimum atomic E-state index is -0.743. The Kier molecular flexibility index (Phi) is 5.17. The number of rotatable bonds is 4. The molecule has 0 aliphatic heterocycles. The average molecular weight is 429 g/mol. The number of carbonyl (C=O) groups is 2. The number of Topliss-reactive ketones (excluding diaryl/α,β-unsaturated/α-hetero) is 1. The van der Waals surface area contributed by atoms with Crippen LogP contribution in [-0.2, 0) is 9.59 Å². The molecular formula is C27H40O4. The second kappa shape index (κ2) is 7.04. The summed E-state index contributed by atoms with van der Waals surface area (Å²) in [4.78, 5) is 23.9. The monoisotopic (exact) mass is 428 g/mol. The van der Waals surface area contributed by atoms with Crippen molar-refractivity contribution in [2.75, 3.05) is 0 Å². The van der Waals surface area contributed by atoms with Crippen molar-refractivity contribution in [1.29, 1.82) is 0 Å². The van der Waals surface area contributed by atoms with Crippen LogP contribution in [0.4, 0.5) is 0 Å². The maximum absolute atomic E-state index is 12.7. The minimum Gasteiger partial charge on any atom is -0.481 e. The molecule has 4 heteroatoms. The SMILES string of the molecule is CC(CCC(=O)O)C1CC(O)C2(C)C3=CCC4C(C)(C)C(=O)CCC4(C)C3=CCC12C. The average Bonchev–Trinajstić information content (AvgIpc) is 2.90. The Hall–Kier alpha value is -1.42. The highest BCUT2D eigenvalue weighted by atomic mass is 16.4. The van der Waals surface area contributed by atoms with E-state index in [1.54, 1.807) is 0 Å². The Morgan fingerprint density at radius 1 is 1.16 bits per heavy atom. The van der Waals surface area contributed by atoms with Crippen LogP contribution >= 0.6 is 0 Å². The quantitative estimate of drug-likeness (QED) is 0.615. The van der Waals surface area contributed by atoms with Crippen LogP contribution in [0.3, 0.4) is 0 Å².